The molecule has 3 aromatic rings. The molecular formula is C21H19FN4O2. The Morgan fingerprint density at radius 2 is 1.86 bits per heavy atom. The van der Waals surface area contributed by atoms with E-state index in [2.05, 4.69) is 9.97 Å². The first kappa shape index (κ1) is 18.1. The molecule has 142 valence electrons. The van der Waals surface area contributed by atoms with Crippen molar-refractivity contribution in [1.29, 1.82) is 0 Å². The molecule has 1 saturated heterocycles. The second-order valence-corrected chi connectivity index (χ2v) is 6.76. The first-order chi connectivity index (χ1) is 13.5. The Morgan fingerprint density at radius 3 is 2.54 bits per heavy atom. The number of aliphatic hydroxyl groups is 1. The van der Waals surface area contributed by atoms with Crippen molar-refractivity contribution in [3.8, 4) is 22.3 Å². The topological polar surface area (TPSA) is 92.3 Å². The van der Waals surface area contributed by atoms with Gasteiger partial charge in [-0.05, 0) is 29.7 Å². The van der Waals surface area contributed by atoms with Crippen LogP contribution in [0.3, 0.4) is 0 Å². The molecule has 28 heavy (non-hydrogen) atoms. The highest BCUT2D eigenvalue weighted by atomic mass is 19.1. The summed E-state index contributed by atoms with van der Waals surface area (Å²) in [5.74, 6) is -0.478. The second-order valence-electron chi connectivity index (χ2n) is 6.76. The predicted octanol–water partition coefficient (Wildman–Crippen LogP) is 2.74. The number of anilines is 1. The highest BCUT2D eigenvalue weighted by Crippen LogP contribution is 2.30. The Hall–Kier alpha value is -3.32. The first-order valence-corrected chi connectivity index (χ1v) is 8.97. The zero-order chi connectivity index (χ0) is 19.7. The van der Waals surface area contributed by atoms with Crippen LogP contribution in [-0.2, 0) is 0 Å². The van der Waals surface area contributed by atoms with Gasteiger partial charge in [0, 0.05) is 42.2 Å². The van der Waals surface area contributed by atoms with Crippen molar-refractivity contribution < 1.29 is 14.3 Å². The number of amides is 1. The van der Waals surface area contributed by atoms with Gasteiger partial charge in [-0.15, -0.1) is 0 Å². The van der Waals surface area contributed by atoms with Crippen LogP contribution < -0.4 is 5.73 Å². The number of nitrogens with two attached hydrogens (primary N) is 1. The molecular weight excluding hydrogens is 359 g/mol. The molecule has 1 aliphatic rings. The molecule has 1 unspecified atom stereocenters. The lowest BCUT2D eigenvalue weighted by Crippen LogP contribution is -2.29. The van der Waals surface area contributed by atoms with Gasteiger partial charge in [0.1, 0.15) is 5.82 Å². The van der Waals surface area contributed by atoms with E-state index >= 15 is 0 Å². The average Bonchev–Trinajstić information content (AvgIpc) is 3.14. The van der Waals surface area contributed by atoms with Crippen molar-refractivity contribution in [2.45, 2.75) is 12.5 Å². The number of likely N-dealkylation sites (tertiary alicyclic amines) is 1. The molecule has 6 nitrogen and oxygen atoms in total. The van der Waals surface area contributed by atoms with E-state index < -0.39 is 11.9 Å². The van der Waals surface area contributed by atoms with Crippen molar-refractivity contribution in [2.24, 2.45) is 0 Å². The fourth-order valence-electron chi connectivity index (χ4n) is 3.41. The minimum Gasteiger partial charge on any atom is -0.391 e. The molecule has 2 aromatic carbocycles. The predicted molar refractivity (Wildman–Crippen MR) is 104 cm³/mol. The van der Waals surface area contributed by atoms with Crippen LogP contribution in [0.15, 0.2) is 54.9 Å². The van der Waals surface area contributed by atoms with Crippen molar-refractivity contribution in [3.63, 3.8) is 0 Å². The minimum atomic E-state index is -0.491. The maximum absolute atomic E-state index is 14.8. The molecule has 1 aromatic heterocycles. The average molecular weight is 378 g/mol. The largest absolute Gasteiger partial charge is 0.391 e. The molecule has 1 aliphatic heterocycles. The maximum Gasteiger partial charge on any atom is 0.254 e. The molecule has 1 fully saturated rings. The van der Waals surface area contributed by atoms with Crippen LogP contribution in [0.4, 0.5) is 10.3 Å². The molecule has 2 heterocycles. The number of hydrogen-bond donors (Lipinski definition) is 2. The fourth-order valence-corrected chi connectivity index (χ4v) is 3.41. The third-order valence-corrected chi connectivity index (χ3v) is 4.87. The molecule has 0 aliphatic carbocycles. The SMILES string of the molecule is Nc1ncc(-c2ccc(-c3ccccc3C(=O)N3CCC(O)C3)cc2F)cn1. The van der Waals surface area contributed by atoms with Crippen molar-refractivity contribution in [3.05, 3.63) is 66.2 Å². The number of β-amino-alcohol motifs (C(OH)–C–C–N with tert-alkyl or cyclic N) is 1. The van der Waals surface area contributed by atoms with Gasteiger partial charge in [0.05, 0.1) is 6.10 Å². The fraction of sp³-hybridized carbons (Fsp3) is 0.190. The van der Waals surface area contributed by atoms with E-state index in [1.165, 1.54) is 18.5 Å². The van der Waals surface area contributed by atoms with Crippen LogP contribution in [0.1, 0.15) is 16.8 Å². The van der Waals surface area contributed by atoms with E-state index in [4.69, 9.17) is 5.73 Å². The van der Waals surface area contributed by atoms with Crippen LogP contribution in [-0.4, -0.2) is 45.1 Å². The number of hydrogen-bond acceptors (Lipinski definition) is 5. The molecule has 1 amide bonds. The summed E-state index contributed by atoms with van der Waals surface area (Å²) in [6.07, 6.45) is 3.02. The summed E-state index contributed by atoms with van der Waals surface area (Å²) in [5, 5.41) is 9.71. The number of rotatable bonds is 3. The van der Waals surface area contributed by atoms with E-state index in [-0.39, 0.29) is 11.9 Å². The van der Waals surface area contributed by atoms with Gasteiger partial charge >= 0.3 is 0 Å². The van der Waals surface area contributed by atoms with Crippen LogP contribution in [0, 0.1) is 5.82 Å². The standard InChI is InChI=1S/C21H19FN4O2/c22-19-9-13(5-6-17(19)14-10-24-21(23)25-11-14)16-3-1-2-4-18(16)20(28)26-8-7-15(27)12-26/h1-6,9-11,15,27H,7-8,12H2,(H2,23,24,25). The van der Waals surface area contributed by atoms with Crippen molar-refractivity contribution in [1.82, 2.24) is 14.9 Å². The van der Waals surface area contributed by atoms with Gasteiger partial charge in [-0.3, -0.25) is 4.79 Å². The summed E-state index contributed by atoms with van der Waals surface area (Å²) in [6.45, 7) is 0.830. The summed E-state index contributed by atoms with van der Waals surface area (Å²) in [7, 11) is 0. The Kier molecular flexibility index (Phi) is 4.75. The zero-order valence-electron chi connectivity index (χ0n) is 15.0. The van der Waals surface area contributed by atoms with E-state index in [0.29, 0.717) is 47.3 Å². The lowest BCUT2D eigenvalue weighted by Gasteiger charge is -2.18. The highest BCUT2D eigenvalue weighted by molar-refractivity contribution is 6.01. The smallest absolute Gasteiger partial charge is 0.254 e. The van der Waals surface area contributed by atoms with E-state index in [1.807, 2.05) is 6.07 Å². The quantitative estimate of drug-likeness (QED) is 0.731. The van der Waals surface area contributed by atoms with Gasteiger partial charge in [-0.1, -0.05) is 30.3 Å². The summed E-state index contributed by atoms with van der Waals surface area (Å²) < 4.78 is 14.8. The summed E-state index contributed by atoms with van der Waals surface area (Å²) in [4.78, 5) is 22.3. The molecule has 0 bridgehead atoms. The lowest BCUT2D eigenvalue weighted by atomic mass is 9.96. The number of aromatic nitrogens is 2. The number of carbonyl (C=O) groups excluding carboxylic acids is 1. The number of benzene rings is 2. The van der Waals surface area contributed by atoms with Crippen LogP contribution in [0.5, 0.6) is 0 Å². The number of carbonyl (C=O) groups is 1. The van der Waals surface area contributed by atoms with Crippen LogP contribution in [0.2, 0.25) is 0 Å². The summed E-state index contributed by atoms with van der Waals surface area (Å²) >= 11 is 0. The third kappa shape index (κ3) is 3.44. The monoisotopic (exact) mass is 378 g/mol. The Balaban J connectivity index is 1.69. The van der Waals surface area contributed by atoms with Gasteiger partial charge in [-0.25, -0.2) is 14.4 Å². The number of halogens is 1. The van der Waals surface area contributed by atoms with Gasteiger partial charge < -0.3 is 15.7 Å². The van der Waals surface area contributed by atoms with Gasteiger partial charge in [0.2, 0.25) is 5.95 Å². The van der Waals surface area contributed by atoms with Gasteiger partial charge in [0.15, 0.2) is 0 Å². The molecule has 0 radical (unpaired) electrons. The van der Waals surface area contributed by atoms with Gasteiger partial charge in [-0.2, -0.15) is 0 Å². The van der Waals surface area contributed by atoms with Crippen molar-refractivity contribution >= 4 is 11.9 Å². The molecule has 4 rings (SSSR count). The van der Waals surface area contributed by atoms with Crippen molar-refractivity contribution in [2.75, 3.05) is 18.8 Å². The normalized spacial score (nSPS) is 16.4. The second kappa shape index (κ2) is 7.36. The van der Waals surface area contributed by atoms with Gasteiger partial charge in [0.25, 0.3) is 5.91 Å². The summed E-state index contributed by atoms with van der Waals surface area (Å²) in [5.41, 5.74) is 8.09. The lowest BCUT2D eigenvalue weighted by molar-refractivity contribution is 0.0765. The third-order valence-electron chi connectivity index (χ3n) is 4.87. The van der Waals surface area contributed by atoms with E-state index in [9.17, 15) is 14.3 Å². The van der Waals surface area contributed by atoms with Crippen LogP contribution >= 0.6 is 0 Å². The van der Waals surface area contributed by atoms with E-state index in [1.54, 1.807) is 35.2 Å². The Morgan fingerprint density at radius 1 is 1.11 bits per heavy atom. The Bertz CT molecular complexity index is 1020. The first-order valence-electron chi connectivity index (χ1n) is 8.97. The molecule has 0 spiro atoms. The number of aliphatic hydroxyl groups excluding tert-OH is 1. The molecule has 1 atom stereocenters. The maximum atomic E-state index is 14.8. The minimum absolute atomic E-state index is 0.125. The molecule has 0 saturated carbocycles. The molecule has 7 heteroatoms. The Labute approximate surface area is 161 Å². The number of nitrogens with zero attached hydrogens (tertiary/aromatic N) is 3. The highest BCUT2D eigenvalue weighted by Gasteiger charge is 2.27. The van der Waals surface area contributed by atoms with Crippen LogP contribution in [0.25, 0.3) is 22.3 Å². The summed E-state index contributed by atoms with van der Waals surface area (Å²) in [6, 6.07) is 11.9. The molecule has 3 N–H and O–H groups in total. The number of nitrogen functional groups attached to an aromatic ring is 1. The zero-order valence-corrected chi connectivity index (χ0v) is 15.0. The van der Waals surface area contributed by atoms with E-state index in [0.717, 1.165) is 0 Å².